The molecule has 1 heterocycles. The molecule has 5 nitrogen and oxygen atoms in total. The predicted molar refractivity (Wildman–Crippen MR) is 114 cm³/mol. The third kappa shape index (κ3) is 4.64. The molecule has 0 aliphatic carbocycles. The Bertz CT molecular complexity index is 952. The van der Waals surface area contributed by atoms with Crippen LogP contribution < -0.4 is 5.32 Å². The van der Waals surface area contributed by atoms with Crippen molar-refractivity contribution in [2.45, 2.75) is 44.0 Å². The molecule has 0 radical (unpaired) electrons. The molecule has 2 aromatic rings. The number of aryl methyl sites for hydroxylation is 1. The van der Waals surface area contributed by atoms with Crippen LogP contribution in [0.25, 0.3) is 0 Å². The Balaban J connectivity index is 1.82. The zero-order valence-corrected chi connectivity index (χ0v) is 18.5. The van der Waals surface area contributed by atoms with E-state index in [0.717, 1.165) is 34.9 Å². The molecule has 1 atom stereocenters. The zero-order chi connectivity index (χ0) is 20.3. The Morgan fingerprint density at radius 2 is 1.71 bits per heavy atom. The van der Waals surface area contributed by atoms with Crippen LogP contribution in [0.15, 0.2) is 51.8 Å². The Labute approximate surface area is 175 Å². The van der Waals surface area contributed by atoms with Crippen molar-refractivity contribution in [2.75, 3.05) is 13.1 Å². The van der Waals surface area contributed by atoms with E-state index in [9.17, 15) is 13.2 Å². The quantitative estimate of drug-likeness (QED) is 0.711. The van der Waals surface area contributed by atoms with Crippen LogP contribution in [0.3, 0.4) is 0 Å². The van der Waals surface area contributed by atoms with Crippen LogP contribution >= 0.6 is 15.9 Å². The molecule has 1 amide bonds. The number of hydrogen-bond acceptors (Lipinski definition) is 3. The molecule has 1 aliphatic heterocycles. The van der Waals surface area contributed by atoms with Gasteiger partial charge in [-0.05, 0) is 62.1 Å². The largest absolute Gasteiger partial charge is 0.346 e. The Kier molecular flexibility index (Phi) is 6.58. The summed E-state index contributed by atoms with van der Waals surface area (Å²) in [5.41, 5.74) is 2.12. The number of sulfonamides is 1. The highest BCUT2D eigenvalue weighted by atomic mass is 79.9. The Morgan fingerprint density at radius 1 is 1.07 bits per heavy atom. The van der Waals surface area contributed by atoms with E-state index in [2.05, 4.69) is 21.2 Å². The van der Waals surface area contributed by atoms with Crippen molar-refractivity contribution in [3.8, 4) is 0 Å². The van der Waals surface area contributed by atoms with Crippen molar-refractivity contribution in [1.82, 2.24) is 9.62 Å². The first-order valence-electron chi connectivity index (χ1n) is 9.46. The van der Waals surface area contributed by atoms with E-state index in [4.69, 9.17) is 0 Å². The SMILES string of the molecule is Cc1ccc(S(=O)(=O)N2CCCCC2)cc1C(=O)NC(C)c1ccc(Br)cc1. The molecule has 1 unspecified atom stereocenters. The minimum atomic E-state index is -3.57. The number of rotatable bonds is 5. The van der Waals surface area contributed by atoms with Gasteiger partial charge in [-0.2, -0.15) is 4.31 Å². The maximum Gasteiger partial charge on any atom is 0.252 e. The average molecular weight is 465 g/mol. The van der Waals surface area contributed by atoms with Gasteiger partial charge in [0.15, 0.2) is 0 Å². The van der Waals surface area contributed by atoms with E-state index in [1.807, 2.05) is 38.1 Å². The number of benzene rings is 2. The summed E-state index contributed by atoms with van der Waals surface area (Å²) in [5, 5.41) is 2.97. The fourth-order valence-corrected chi connectivity index (χ4v) is 5.18. The number of amides is 1. The minimum Gasteiger partial charge on any atom is -0.346 e. The van der Waals surface area contributed by atoms with E-state index in [-0.39, 0.29) is 16.8 Å². The van der Waals surface area contributed by atoms with Gasteiger partial charge < -0.3 is 5.32 Å². The second-order valence-electron chi connectivity index (χ2n) is 7.19. The van der Waals surface area contributed by atoms with Crippen LogP contribution in [0, 0.1) is 6.92 Å². The van der Waals surface area contributed by atoms with Crippen LogP contribution in [-0.4, -0.2) is 31.7 Å². The van der Waals surface area contributed by atoms with Gasteiger partial charge in [0, 0.05) is 23.1 Å². The van der Waals surface area contributed by atoms with Crippen LogP contribution in [0.1, 0.15) is 53.7 Å². The summed E-state index contributed by atoms with van der Waals surface area (Å²) in [6, 6.07) is 12.3. The number of hydrogen-bond donors (Lipinski definition) is 1. The van der Waals surface area contributed by atoms with Gasteiger partial charge in [0.25, 0.3) is 5.91 Å². The van der Waals surface area contributed by atoms with Crippen LogP contribution in [-0.2, 0) is 10.0 Å². The van der Waals surface area contributed by atoms with Gasteiger partial charge in [0.1, 0.15) is 0 Å². The third-order valence-electron chi connectivity index (χ3n) is 5.12. The summed E-state index contributed by atoms with van der Waals surface area (Å²) in [7, 11) is -3.57. The highest BCUT2D eigenvalue weighted by molar-refractivity contribution is 9.10. The molecule has 0 saturated carbocycles. The number of nitrogens with zero attached hydrogens (tertiary/aromatic N) is 1. The number of carbonyl (C=O) groups is 1. The predicted octanol–water partition coefficient (Wildman–Crippen LogP) is 4.42. The summed E-state index contributed by atoms with van der Waals surface area (Å²) in [6.45, 7) is 4.80. The van der Waals surface area contributed by atoms with E-state index in [1.54, 1.807) is 12.1 Å². The van der Waals surface area contributed by atoms with Gasteiger partial charge in [0.2, 0.25) is 10.0 Å². The first-order valence-corrected chi connectivity index (χ1v) is 11.7. The average Bonchev–Trinajstić information content (AvgIpc) is 2.69. The maximum absolute atomic E-state index is 12.9. The summed E-state index contributed by atoms with van der Waals surface area (Å²) in [4.78, 5) is 13.0. The van der Waals surface area contributed by atoms with Crippen LogP contribution in [0.4, 0.5) is 0 Å². The fourth-order valence-electron chi connectivity index (χ4n) is 3.37. The Hall–Kier alpha value is -1.70. The van der Waals surface area contributed by atoms with Crippen molar-refractivity contribution in [2.24, 2.45) is 0 Å². The van der Waals surface area contributed by atoms with Gasteiger partial charge in [-0.1, -0.05) is 40.5 Å². The van der Waals surface area contributed by atoms with Gasteiger partial charge in [-0.25, -0.2) is 8.42 Å². The van der Waals surface area contributed by atoms with Gasteiger partial charge >= 0.3 is 0 Å². The van der Waals surface area contributed by atoms with Gasteiger partial charge in [-0.15, -0.1) is 0 Å². The van der Waals surface area contributed by atoms with Crippen molar-refractivity contribution >= 4 is 31.9 Å². The normalized spacial score (nSPS) is 16.5. The molecular formula is C21H25BrN2O3S. The van der Waals surface area contributed by atoms with E-state index < -0.39 is 10.0 Å². The highest BCUT2D eigenvalue weighted by Crippen LogP contribution is 2.24. The Morgan fingerprint density at radius 3 is 2.36 bits per heavy atom. The maximum atomic E-state index is 12.9. The topological polar surface area (TPSA) is 66.5 Å². The van der Waals surface area contributed by atoms with E-state index in [0.29, 0.717) is 18.7 Å². The van der Waals surface area contributed by atoms with Gasteiger partial charge in [-0.3, -0.25) is 4.79 Å². The second-order valence-corrected chi connectivity index (χ2v) is 10.0. The lowest BCUT2D eigenvalue weighted by Crippen LogP contribution is -2.35. The zero-order valence-electron chi connectivity index (χ0n) is 16.1. The first kappa shape index (κ1) is 21.0. The van der Waals surface area contributed by atoms with Crippen LogP contribution in [0.5, 0.6) is 0 Å². The smallest absolute Gasteiger partial charge is 0.252 e. The first-order chi connectivity index (χ1) is 13.3. The van der Waals surface area contributed by atoms with Crippen molar-refractivity contribution in [3.05, 3.63) is 63.6 Å². The van der Waals surface area contributed by atoms with Crippen molar-refractivity contribution < 1.29 is 13.2 Å². The van der Waals surface area contributed by atoms with Crippen molar-refractivity contribution in [1.29, 1.82) is 0 Å². The molecule has 0 spiro atoms. The van der Waals surface area contributed by atoms with Gasteiger partial charge in [0.05, 0.1) is 10.9 Å². The number of piperidine rings is 1. The number of carbonyl (C=O) groups excluding carboxylic acids is 1. The summed E-state index contributed by atoms with van der Waals surface area (Å²) >= 11 is 3.40. The molecule has 3 rings (SSSR count). The number of halogens is 1. The molecule has 150 valence electrons. The standard InChI is InChI=1S/C21H25BrN2O3S/c1-15-6-11-19(28(26,27)24-12-4-3-5-13-24)14-20(15)21(25)23-16(2)17-7-9-18(22)10-8-17/h6-11,14,16H,3-5,12-13H2,1-2H3,(H,23,25). The lowest BCUT2D eigenvalue weighted by molar-refractivity contribution is 0.0939. The number of nitrogens with one attached hydrogen (secondary N) is 1. The fraction of sp³-hybridized carbons (Fsp3) is 0.381. The molecule has 0 bridgehead atoms. The molecule has 0 aromatic heterocycles. The summed E-state index contributed by atoms with van der Waals surface area (Å²) in [5.74, 6) is -0.274. The summed E-state index contributed by atoms with van der Waals surface area (Å²) < 4.78 is 28.4. The molecule has 2 aromatic carbocycles. The third-order valence-corrected chi connectivity index (χ3v) is 7.55. The molecule has 28 heavy (non-hydrogen) atoms. The van der Waals surface area contributed by atoms with Crippen LogP contribution in [0.2, 0.25) is 0 Å². The lowest BCUT2D eigenvalue weighted by atomic mass is 10.1. The molecule has 7 heteroatoms. The molecule has 1 N–H and O–H groups in total. The molecule has 1 aliphatic rings. The second kappa shape index (κ2) is 8.76. The lowest BCUT2D eigenvalue weighted by Gasteiger charge is -2.26. The minimum absolute atomic E-state index is 0.182. The van der Waals surface area contributed by atoms with E-state index in [1.165, 1.54) is 10.4 Å². The van der Waals surface area contributed by atoms with Crippen molar-refractivity contribution in [3.63, 3.8) is 0 Å². The van der Waals surface area contributed by atoms with E-state index >= 15 is 0 Å². The molecular weight excluding hydrogens is 440 g/mol. The summed E-state index contributed by atoms with van der Waals surface area (Å²) in [6.07, 6.45) is 2.81. The highest BCUT2D eigenvalue weighted by Gasteiger charge is 2.27. The molecule has 1 saturated heterocycles. The monoisotopic (exact) mass is 464 g/mol. The molecule has 1 fully saturated rings.